The van der Waals surface area contributed by atoms with Gasteiger partial charge in [-0.05, 0) is 72.5 Å². The fourth-order valence-corrected chi connectivity index (χ4v) is 7.13. The summed E-state index contributed by atoms with van der Waals surface area (Å²) in [5, 5.41) is 13.3. The number of carboxylic acid groups (broad SMARTS) is 1. The van der Waals surface area contributed by atoms with E-state index in [9.17, 15) is 19.5 Å². The molecule has 0 fully saturated rings. The number of para-hydroxylation sites is 2. The lowest BCUT2D eigenvalue weighted by molar-refractivity contribution is -0.117. The van der Waals surface area contributed by atoms with Crippen LogP contribution in [0.5, 0.6) is 0 Å². The van der Waals surface area contributed by atoms with Crippen LogP contribution in [0.25, 0.3) is 10.8 Å². The molecule has 0 saturated heterocycles. The molecule has 5 aromatic carbocycles. The van der Waals surface area contributed by atoms with Crippen molar-refractivity contribution in [1.29, 1.82) is 0 Å². The van der Waals surface area contributed by atoms with E-state index in [1.807, 2.05) is 72.5 Å². The normalized spacial score (nSPS) is 12.7. The van der Waals surface area contributed by atoms with Crippen molar-refractivity contribution in [3.63, 3.8) is 0 Å². The van der Waals surface area contributed by atoms with Crippen LogP contribution in [0.1, 0.15) is 34.1 Å². The van der Waals surface area contributed by atoms with Crippen LogP contribution in [0.3, 0.4) is 0 Å². The van der Waals surface area contributed by atoms with Gasteiger partial charge in [-0.15, -0.1) is 11.8 Å². The third-order valence-corrected chi connectivity index (χ3v) is 9.56. The van der Waals surface area contributed by atoms with Crippen LogP contribution in [0.15, 0.2) is 124 Å². The van der Waals surface area contributed by atoms with E-state index in [1.54, 1.807) is 54.2 Å². The van der Waals surface area contributed by atoms with Gasteiger partial charge in [-0.1, -0.05) is 67.2 Å². The summed E-state index contributed by atoms with van der Waals surface area (Å²) in [4.78, 5) is 43.9. The van der Waals surface area contributed by atoms with Gasteiger partial charge in [-0.25, -0.2) is 4.79 Å². The van der Waals surface area contributed by atoms with Crippen molar-refractivity contribution in [3.05, 3.63) is 120 Å². The van der Waals surface area contributed by atoms with E-state index in [2.05, 4.69) is 5.32 Å². The molecule has 1 heterocycles. The number of nitrogens with zero attached hydrogens (tertiary/aromatic N) is 1. The first kappa shape index (κ1) is 27.6. The average Bonchev–Trinajstić information content (AvgIpc) is 3.02. The van der Waals surface area contributed by atoms with Crippen LogP contribution in [0, 0.1) is 0 Å². The maximum absolute atomic E-state index is 14.0. The molecule has 8 heteroatoms. The van der Waals surface area contributed by atoms with E-state index in [-0.39, 0.29) is 16.7 Å². The van der Waals surface area contributed by atoms with Crippen molar-refractivity contribution in [2.45, 2.75) is 33.3 Å². The second kappa shape index (κ2) is 11.8. The van der Waals surface area contributed by atoms with Crippen molar-refractivity contribution in [2.24, 2.45) is 0 Å². The Morgan fingerprint density at radius 3 is 1.98 bits per heavy atom. The number of benzene rings is 5. The van der Waals surface area contributed by atoms with Gasteiger partial charge in [0.15, 0.2) is 0 Å². The average molecular weight is 591 g/mol. The Hall–Kier alpha value is -4.53. The topological polar surface area (TPSA) is 86.7 Å². The highest BCUT2D eigenvalue weighted by atomic mass is 32.2. The summed E-state index contributed by atoms with van der Waals surface area (Å²) < 4.78 is 0. The van der Waals surface area contributed by atoms with E-state index in [1.165, 1.54) is 17.8 Å². The summed E-state index contributed by atoms with van der Waals surface area (Å²) in [6.45, 7) is 2.01. The number of hydrogen-bond acceptors (Lipinski definition) is 5. The van der Waals surface area contributed by atoms with Crippen molar-refractivity contribution in [2.75, 3.05) is 10.2 Å². The van der Waals surface area contributed by atoms with Gasteiger partial charge in [-0.2, -0.15) is 0 Å². The van der Waals surface area contributed by atoms with Gasteiger partial charge >= 0.3 is 5.97 Å². The van der Waals surface area contributed by atoms with Crippen LogP contribution >= 0.6 is 23.5 Å². The van der Waals surface area contributed by atoms with Crippen LogP contribution in [0.2, 0.25) is 0 Å². The Balaban J connectivity index is 1.21. The first-order chi connectivity index (χ1) is 20.4. The highest BCUT2D eigenvalue weighted by molar-refractivity contribution is 8.00. The van der Waals surface area contributed by atoms with Crippen LogP contribution in [-0.4, -0.2) is 28.1 Å². The first-order valence-corrected chi connectivity index (χ1v) is 15.2. The fourth-order valence-electron chi connectivity index (χ4n) is 5.08. The number of anilines is 3. The van der Waals surface area contributed by atoms with Gasteiger partial charge in [0.2, 0.25) is 5.91 Å². The molecule has 1 aliphatic rings. The second-order valence-electron chi connectivity index (χ2n) is 9.72. The number of thioether (sulfide) groups is 1. The molecule has 0 aromatic heterocycles. The number of fused-ring (bicyclic) bond motifs is 3. The quantitative estimate of drug-likeness (QED) is 0.185. The molecule has 42 heavy (non-hydrogen) atoms. The third kappa shape index (κ3) is 5.26. The lowest BCUT2D eigenvalue weighted by Crippen LogP contribution is -2.35. The lowest BCUT2D eigenvalue weighted by atomic mass is 9.98. The summed E-state index contributed by atoms with van der Waals surface area (Å²) in [5.41, 5.74) is 2.73. The van der Waals surface area contributed by atoms with Crippen molar-refractivity contribution in [1.82, 2.24) is 0 Å². The van der Waals surface area contributed by atoms with E-state index >= 15 is 0 Å². The summed E-state index contributed by atoms with van der Waals surface area (Å²) in [6.07, 6.45) is 0.642. The standard InChI is InChI=1S/C34H26N2O4S2/c1-2-28(33(38)36-26-13-3-5-15-29(26)42-30-16-6-4-14-27(30)36)41-23-19-17-22(18-20-23)35-32(37)24-11-7-9-21-10-8-12-25(31(21)24)34(39)40/h3-20,28H,2H2,1H3,(H,35,37)(H,39,40). The molecule has 1 aliphatic heterocycles. The number of nitrogens with one attached hydrogen (secondary N) is 1. The van der Waals surface area contributed by atoms with E-state index in [0.29, 0.717) is 28.4 Å². The minimum Gasteiger partial charge on any atom is -0.478 e. The summed E-state index contributed by atoms with van der Waals surface area (Å²) in [5.74, 6) is -1.46. The molecule has 208 valence electrons. The largest absolute Gasteiger partial charge is 0.478 e. The Kier molecular flexibility index (Phi) is 7.73. The first-order valence-electron chi connectivity index (χ1n) is 13.5. The van der Waals surface area contributed by atoms with Gasteiger partial charge in [-0.3, -0.25) is 14.5 Å². The maximum atomic E-state index is 14.0. The highest BCUT2D eigenvalue weighted by Crippen LogP contribution is 2.48. The summed E-state index contributed by atoms with van der Waals surface area (Å²) in [7, 11) is 0. The number of carbonyl (C=O) groups excluding carboxylic acids is 2. The number of carbonyl (C=O) groups is 3. The van der Waals surface area contributed by atoms with Gasteiger partial charge in [0.1, 0.15) is 0 Å². The molecule has 0 saturated carbocycles. The van der Waals surface area contributed by atoms with Crippen molar-refractivity contribution >= 4 is 69.1 Å². The van der Waals surface area contributed by atoms with E-state index < -0.39 is 11.9 Å². The van der Waals surface area contributed by atoms with Crippen LogP contribution in [0.4, 0.5) is 17.1 Å². The predicted molar refractivity (Wildman–Crippen MR) is 169 cm³/mol. The van der Waals surface area contributed by atoms with Crippen molar-refractivity contribution in [3.8, 4) is 0 Å². The lowest BCUT2D eigenvalue weighted by Gasteiger charge is -2.33. The zero-order chi connectivity index (χ0) is 29.2. The third-order valence-electron chi connectivity index (χ3n) is 7.07. The molecular formula is C34H26N2O4S2. The Labute approximate surface area is 251 Å². The van der Waals surface area contributed by atoms with E-state index in [0.717, 1.165) is 26.1 Å². The molecular weight excluding hydrogens is 565 g/mol. The molecule has 1 unspecified atom stereocenters. The maximum Gasteiger partial charge on any atom is 0.336 e. The van der Waals surface area contributed by atoms with Crippen LogP contribution in [-0.2, 0) is 4.79 Å². The molecule has 0 aliphatic carbocycles. The number of hydrogen-bond donors (Lipinski definition) is 2. The Morgan fingerprint density at radius 1 is 0.786 bits per heavy atom. The highest BCUT2D eigenvalue weighted by Gasteiger charge is 2.32. The van der Waals surface area contributed by atoms with Gasteiger partial charge in [0, 0.05) is 31.3 Å². The monoisotopic (exact) mass is 590 g/mol. The Bertz CT molecular complexity index is 1790. The fraction of sp³-hybridized carbons (Fsp3) is 0.0882. The van der Waals surface area contributed by atoms with Gasteiger partial charge in [0.05, 0.1) is 22.2 Å². The summed E-state index contributed by atoms with van der Waals surface area (Å²) >= 11 is 3.16. The molecule has 2 amide bonds. The van der Waals surface area contributed by atoms with E-state index in [4.69, 9.17) is 0 Å². The van der Waals surface area contributed by atoms with Crippen LogP contribution < -0.4 is 10.2 Å². The van der Waals surface area contributed by atoms with Crippen molar-refractivity contribution < 1.29 is 19.5 Å². The minimum absolute atomic E-state index is 0.0188. The SMILES string of the molecule is CCC(Sc1ccc(NC(=O)c2cccc3cccc(C(=O)O)c23)cc1)C(=O)N1c2ccccc2Sc2ccccc21. The number of aromatic carboxylic acids is 1. The second-order valence-corrected chi connectivity index (χ2v) is 12.1. The zero-order valence-corrected chi connectivity index (χ0v) is 24.2. The molecule has 1 atom stereocenters. The molecule has 2 N–H and O–H groups in total. The molecule has 6 nitrogen and oxygen atoms in total. The van der Waals surface area contributed by atoms with Gasteiger partial charge in [0.25, 0.3) is 5.91 Å². The molecule has 0 radical (unpaired) electrons. The zero-order valence-electron chi connectivity index (χ0n) is 22.6. The molecule has 0 spiro atoms. The smallest absolute Gasteiger partial charge is 0.336 e. The molecule has 0 bridgehead atoms. The number of amides is 2. The minimum atomic E-state index is -1.09. The van der Waals surface area contributed by atoms with Gasteiger partial charge < -0.3 is 10.4 Å². The number of carboxylic acids is 1. The Morgan fingerprint density at radius 2 is 1.38 bits per heavy atom. The predicted octanol–water partition coefficient (Wildman–Crippen LogP) is 8.49. The molecule has 5 aromatic rings. The summed E-state index contributed by atoms with van der Waals surface area (Å²) in [6, 6.07) is 33.4. The molecule has 6 rings (SSSR count). The number of rotatable bonds is 7.